The molecule has 1 aliphatic rings. The van der Waals surface area contributed by atoms with Crippen molar-refractivity contribution in [2.24, 2.45) is 0 Å². The van der Waals surface area contributed by atoms with Crippen LogP contribution in [0.15, 0.2) is 17.2 Å². The Bertz CT molecular complexity index is 862. The Morgan fingerprint density at radius 1 is 0.609 bits per heavy atom. The maximum Gasteiger partial charge on any atom is -0.0393 e. The molecule has 23 heavy (non-hydrogen) atoms. The lowest BCUT2D eigenvalue weighted by Gasteiger charge is -2.50. The quantitative estimate of drug-likeness (QED) is 0.480. The van der Waals surface area contributed by atoms with Crippen molar-refractivity contribution in [1.82, 2.24) is 0 Å². The lowest BCUT2D eigenvalue weighted by molar-refractivity contribution is 0.984. The highest BCUT2D eigenvalue weighted by Gasteiger charge is 2.16. The summed E-state index contributed by atoms with van der Waals surface area (Å²) in [5, 5.41) is 2.90. The highest BCUT2D eigenvalue weighted by molar-refractivity contribution is 5.98. The van der Waals surface area contributed by atoms with Gasteiger partial charge in [-0.15, -0.1) is 11.5 Å². The molecule has 0 unspecified atom stereocenters. The zero-order valence-corrected chi connectivity index (χ0v) is 16.1. The van der Waals surface area contributed by atoms with Crippen molar-refractivity contribution in [3.63, 3.8) is 0 Å². The number of benzene rings is 2. The van der Waals surface area contributed by atoms with Gasteiger partial charge in [0.2, 0.25) is 0 Å². The van der Waals surface area contributed by atoms with Crippen LogP contribution in [0.3, 0.4) is 0 Å². The average molecular weight is 304 g/mol. The summed E-state index contributed by atoms with van der Waals surface area (Å²) in [7, 11) is 0. The van der Waals surface area contributed by atoms with Gasteiger partial charge in [-0.2, -0.15) is 5.56 Å². The van der Waals surface area contributed by atoms with Crippen LogP contribution in [0.5, 0.6) is 0 Å². The van der Waals surface area contributed by atoms with Gasteiger partial charge in [0.15, 0.2) is 0 Å². The Morgan fingerprint density at radius 2 is 1.09 bits per heavy atom. The first kappa shape index (κ1) is 16.1. The molecule has 0 amide bonds. The van der Waals surface area contributed by atoms with Gasteiger partial charge in [0.25, 0.3) is 0 Å². The fourth-order valence-electron chi connectivity index (χ4n) is 4.25. The van der Waals surface area contributed by atoms with Crippen LogP contribution in [0.2, 0.25) is 0 Å². The van der Waals surface area contributed by atoms with Gasteiger partial charge in [0.05, 0.1) is 0 Å². The Hall–Kier alpha value is -1.82. The minimum Gasteiger partial charge on any atom is -0.226 e. The van der Waals surface area contributed by atoms with E-state index < -0.39 is 0 Å². The third-order valence-corrected chi connectivity index (χ3v) is 6.43. The largest absolute Gasteiger partial charge is 0.226 e. The van der Waals surface area contributed by atoms with E-state index in [0.29, 0.717) is 0 Å². The molecule has 1 aliphatic carbocycles. The molecule has 0 aliphatic heterocycles. The van der Waals surface area contributed by atoms with Crippen molar-refractivity contribution >= 4 is 10.8 Å². The van der Waals surface area contributed by atoms with Crippen LogP contribution in [-0.4, -0.2) is 0 Å². The van der Waals surface area contributed by atoms with Gasteiger partial charge in [-0.1, -0.05) is 56.7 Å². The molecule has 2 aromatic carbocycles. The van der Waals surface area contributed by atoms with Crippen molar-refractivity contribution in [1.29, 1.82) is 0 Å². The van der Waals surface area contributed by atoms with E-state index in [0.717, 1.165) is 0 Å². The van der Waals surface area contributed by atoms with Crippen molar-refractivity contribution in [2.45, 2.75) is 62.3 Å². The van der Waals surface area contributed by atoms with Crippen LogP contribution < -0.4 is 0 Å². The van der Waals surface area contributed by atoms with Gasteiger partial charge in [-0.05, 0) is 33.3 Å². The first-order valence-electron chi connectivity index (χ1n) is 8.58. The molecule has 0 saturated carbocycles. The monoisotopic (exact) mass is 304 g/mol. The molecular weight excluding hydrogens is 276 g/mol. The summed E-state index contributed by atoms with van der Waals surface area (Å²) in [6.07, 6.45) is 0. The second-order valence-corrected chi connectivity index (χ2v) is 7.37. The molecule has 0 heteroatoms. The zero-order chi connectivity index (χ0) is 17.2. The van der Waals surface area contributed by atoms with E-state index in [4.69, 9.17) is 0 Å². The van der Waals surface area contributed by atoms with Crippen LogP contribution in [0.4, 0.5) is 0 Å². The second-order valence-electron chi connectivity index (χ2n) is 7.37. The first-order valence-corrected chi connectivity index (χ1v) is 8.58. The molecule has 0 spiro atoms. The Morgan fingerprint density at radius 3 is 1.65 bits per heavy atom. The maximum absolute atomic E-state index is 2.41. The van der Waals surface area contributed by atoms with Crippen LogP contribution in [0, 0.1) is 46.5 Å². The number of allylic oxidation sites excluding steroid dienone is 2. The maximum atomic E-state index is 2.41. The average Bonchev–Trinajstić information content (AvgIpc) is 2.53. The highest BCUT2D eigenvalue weighted by Crippen LogP contribution is 2.47. The van der Waals surface area contributed by atoms with Gasteiger partial charge in [-0.25, -0.2) is 34.1 Å². The smallest absolute Gasteiger partial charge is 0.0393 e. The van der Waals surface area contributed by atoms with E-state index in [-0.39, 0.29) is 0 Å². The van der Waals surface area contributed by atoms with E-state index >= 15 is 0 Å². The molecule has 0 atom stereocenters. The van der Waals surface area contributed by atoms with E-state index in [1.54, 1.807) is 0 Å². The minimum atomic E-state index is 1.40. The molecule has 122 valence electrons. The molecule has 3 rings (SSSR count). The summed E-state index contributed by atoms with van der Waals surface area (Å²) in [5.74, 6) is 2.89. The lowest BCUT2D eigenvalue weighted by atomic mass is 9.70. The number of hydrogen-bond donors (Lipinski definition) is 0. The molecule has 0 heterocycles. The normalized spacial score (nSPS) is 14.8. The van der Waals surface area contributed by atoms with Gasteiger partial charge in [0, 0.05) is 0 Å². The third kappa shape index (κ3) is 1.97. The molecule has 2 aromatic rings. The fraction of sp³-hybridized carbons (Fsp3) is 0.391. The standard InChI is InChI=1S/C23H28/c1-11-10-20-16(6)12(2)13(3)18(8)22(20)23-19(9)15(5)14(4)17(7)21(11)23/h10H,1-9H3/q-2. The number of rotatable bonds is 0. The molecule has 0 fully saturated rings. The van der Waals surface area contributed by atoms with Gasteiger partial charge in [-0.3, -0.25) is 0 Å². The summed E-state index contributed by atoms with van der Waals surface area (Å²) in [5.41, 5.74) is 13.0. The molecule has 0 nitrogen and oxygen atoms in total. The third-order valence-electron chi connectivity index (χ3n) is 6.43. The van der Waals surface area contributed by atoms with Crippen molar-refractivity contribution in [3.8, 4) is 0 Å². The number of hydrogen-bond acceptors (Lipinski definition) is 0. The summed E-state index contributed by atoms with van der Waals surface area (Å²) in [6.45, 7) is 20.5. The van der Waals surface area contributed by atoms with Gasteiger partial charge >= 0.3 is 0 Å². The van der Waals surface area contributed by atoms with E-state index in [2.05, 4.69) is 68.4 Å². The van der Waals surface area contributed by atoms with Gasteiger partial charge < -0.3 is 0 Å². The van der Waals surface area contributed by atoms with Crippen LogP contribution in [-0.2, 0) is 0 Å². The molecular formula is C23H28-2. The Kier molecular flexibility index (Phi) is 3.55. The van der Waals surface area contributed by atoms with Crippen molar-refractivity contribution in [2.75, 3.05) is 0 Å². The minimum absolute atomic E-state index is 1.40. The van der Waals surface area contributed by atoms with Gasteiger partial charge in [0.1, 0.15) is 0 Å². The van der Waals surface area contributed by atoms with E-state index in [9.17, 15) is 0 Å². The molecule has 0 bridgehead atoms. The van der Waals surface area contributed by atoms with Crippen LogP contribution in [0.1, 0.15) is 66.6 Å². The second kappa shape index (κ2) is 5.09. The first-order chi connectivity index (χ1) is 10.7. The highest BCUT2D eigenvalue weighted by atomic mass is 14.3. The predicted molar refractivity (Wildman–Crippen MR) is 102 cm³/mol. The molecule has 0 N–H and O–H groups in total. The summed E-state index contributed by atoms with van der Waals surface area (Å²) >= 11 is 0. The Labute approximate surface area is 141 Å². The Balaban J connectivity index is 2.57. The summed E-state index contributed by atoms with van der Waals surface area (Å²) in [6, 6.07) is 2.41. The topological polar surface area (TPSA) is 0 Å². The predicted octanol–water partition coefficient (Wildman–Crippen LogP) is 6.62. The summed E-state index contributed by atoms with van der Waals surface area (Å²) in [4.78, 5) is 0. The van der Waals surface area contributed by atoms with Crippen LogP contribution in [0.25, 0.3) is 10.8 Å². The van der Waals surface area contributed by atoms with Crippen molar-refractivity contribution in [3.05, 3.63) is 68.0 Å². The van der Waals surface area contributed by atoms with E-state index in [1.807, 2.05) is 0 Å². The zero-order valence-electron chi connectivity index (χ0n) is 16.1. The molecule has 0 saturated heterocycles. The van der Waals surface area contributed by atoms with E-state index in [1.165, 1.54) is 72.7 Å². The summed E-state index contributed by atoms with van der Waals surface area (Å²) < 4.78 is 0. The molecule has 0 aromatic heterocycles. The number of aryl methyl sites for hydroxylation is 3. The van der Waals surface area contributed by atoms with Crippen molar-refractivity contribution < 1.29 is 0 Å². The lowest BCUT2D eigenvalue weighted by Crippen LogP contribution is -2.17. The number of fused-ring (bicyclic) bond motifs is 3. The molecule has 0 radical (unpaired) electrons. The van der Waals surface area contributed by atoms with Crippen LogP contribution >= 0.6 is 0 Å². The SMILES string of the molecule is CC1=C(C)[C-](C)c2c(c(C)cc3c(C)c(C)c(C)c(C)c23)[C-]1C. The fourth-order valence-corrected chi connectivity index (χ4v) is 4.25.